The number of rotatable bonds is 5. The van der Waals surface area contributed by atoms with Crippen LogP contribution in [0.3, 0.4) is 0 Å². The van der Waals surface area contributed by atoms with Gasteiger partial charge in [0.1, 0.15) is 0 Å². The SMILES string of the molecule is CC(=O)N1CCCc2cc(S(=O)(=O)Nc3nnc(SC(C)C)s3)ccc21. The number of thioether (sulfide) groups is 1. The van der Waals surface area contributed by atoms with Gasteiger partial charge in [0.15, 0.2) is 4.34 Å². The lowest BCUT2D eigenvalue weighted by Gasteiger charge is -2.28. The van der Waals surface area contributed by atoms with Gasteiger partial charge >= 0.3 is 0 Å². The van der Waals surface area contributed by atoms with E-state index in [1.165, 1.54) is 36.1 Å². The monoisotopic (exact) mass is 412 g/mol. The number of carbonyl (C=O) groups excluding carboxylic acids is 1. The second-order valence-corrected chi connectivity index (χ2v) is 10.7. The number of benzene rings is 1. The second-order valence-electron chi connectivity index (χ2n) is 6.21. The molecule has 3 rings (SSSR count). The highest BCUT2D eigenvalue weighted by Gasteiger charge is 2.24. The number of amides is 1. The van der Waals surface area contributed by atoms with Crippen molar-refractivity contribution in [2.75, 3.05) is 16.2 Å². The first-order chi connectivity index (χ1) is 12.3. The van der Waals surface area contributed by atoms with E-state index in [9.17, 15) is 13.2 Å². The van der Waals surface area contributed by atoms with Crippen LogP contribution in [-0.4, -0.2) is 36.3 Å². The number of aromatic nitrogens is 2. The van der Waals surface area contributed by atoms with Crippen molar-refractivity contribution in [3.05, 3.63) is 23.8 Å². The molecule has 0 saturated carbocycles. The number of aryl methyl sites for hydroxylation is 1. The summed E-state index contributed by atoms with van der Waals surface area (Å²) >= 11 is 2.75. The van der Waals surface area contributed by atoms with Crippen molar-refractivity contribution in [2.45, 2.75) is 48.1 Å². The lowest BCUT2D eigenvalue weighted by molar-refractivity contribution is -0.116. The third kappa shape index (κ3) is 4.18. The molecule has 1 aromatic heterocycles. The fourth-order valence-corrected chi connectivity index (χ4v) is 6.00. The summed E-state index contributed by atoms with van der Waals surface area (Å²) in [6.45, 7) is 6.25. The van der Waals surface area contributed by atoms with Crippen LogP contribution in [0.2, 0.25) is 0 Å². The van der Waals surface area contributed by atoms with E-state index in [2.05, 4.69) is 14.9 Å². The van der Waals surface area contributed by atoms with Crippen LogP contribution in [0.25, 0.3) is 0 Å². The molecule has 2 heterocycles. The van der Waals surface area contributed by atoms with E-state index >= 15 is 0 Å². The van der Waals surface area contributed by atoms with Crippen LogP contribution < -0.4 is 9.62 Å². The molecule has 140 valence electrons. The van der Waals surface area contributed by atoms with Crippen LogP contribution in [-0.2, 0) is 21.2 Å². The number of nitrogens with zero attached hydrogens (tertiary/aromatic N) is 3. The zero-order valence-corrected chi connectivity index (χ0v) is 17.2. The van der Waals surface area contributed by atoms with Gasteiger partial charge in [0.2, 0.25) is 11.0 Å². The van der Waals surface area contributed by atoms with E-state index < -0.39 is 10.0 Å². The first-order valence-corrected chi connectivity index (χ1v) is 11.4. The molecule has 0 radical (unpaired) electrons. The molecule has 1 aliphatic rings. The molecule has 1 N–H and O–H groups in total. The Kier molecular flexibility index (Phi) is 5.54. The third-order valence-corrected chi connectivity index (χ3v) is 7.22. The maximum Gasteiger partial charge on any atom is 0.263 e. The molecule has 26 heavy (non-hydrogen) atoms. The smallest absolute Gasteiger partial charge is 0.263 e. The van der Waals surface area contributed by atoms with Crippen molar-refractivity contribution < 1.29 is 13.2 Å². The van der Waals surface area contributed by atoms with Crippen molar-refractivity contribution in [3.63, 3.8) is 0 Å². The van der Waals surface area contributed by atoms with Crippen LogP contribution in [0.1, 0.15) is 32.8 Å². The zero-order valence-electron chi connectivity index (χ0n) is 14.7. The van der Waals surface area contributed by atoms with E-state index in [1.54, 1.807) is 17.0 Å². The molecule has 0 bridgehead atoms. The lowest BCUT2D eigenvalue weighted by Crippen LogP contribution is -2.33. The van der Waals surface area contributed by atoms with E-state index in [1.807, 2.05) is 13.8 Å². The Morgan fingerprint density at radius 2 is 2.12 bits per heavy atom. The van der Waals surface area contributed by atoms with Gasteiger partial charge in [-0.3, -0.25) is 9.52 Å². The van der Waals surface area contributed by atoms with Gasteiger partial charge in [-0.1, -0.05) is 36.9 Å². The molecular weight excluding hydrogens is 392 g/mol. The average Bonchev–Trinajstić information content (AvgIpc) is 2.98. The van der Waals surface area contributed by atoms with Gasteiger partial charge < -0.3 is 4.90 Å². The maximum absolute atomic E-state index is 12.7. The van der Waals surface area contributed by atoms with Gasteiger partial charge in [-0.2, -0.15) is 0 Å². The minimum Gasteiger partial charge on any atom is -0.312 e. The van der Waals surface area contributed by atoms with Crippen molar-refractivity contribution in [3.8, 4) is 0 Å². The topological polar surface area (TPSA) is 92.3 Å². The van der Waals surface area contributed by atoms with E-state index in [-0.39, 0.29) is 15.9 Å². The fraction of sp³-hybridized carbons (Fsp3) is 0.438. The summed E-state index contributed by atoms with van der Waals surface area (Å²) in [7, 11) is -3.75. The summed E-state index contributed by atoms with van der Waals surface area (Å²) in [5, 5.41) is 8.49. The molecule has 0 spiro atoms. The minimum absolute atomic E-state index is 0.0382. The normalized spacial score (nSPS) is 14.4. The summed E-state index contributed by atoms with van der Waals surface area (Å²) in [5.41, 5.74) is 1.65. The largest absolute Gasteiger partial charge is 0.312 e. The molecular formula is C16H20N4O3S3. The Morgan fingerprint density at radius 3 is 2.81 bits per heavy atom. The van der Waals surface area contributed by atoms with Crippen LogP contribution in [0.15, 0.2) is 27.4 Å². The van der Waals surface area contributed by atoms with E-state index in [4.69, 9.17) is 0 Å². The Balaban J connectivity index is 1.84. The van der Waals surface area contributed by atoms with Gasteiger partial charge in [0.05, 0.1) is 4.90 Å². The van der Waals surface area contributed by atoms with Crippen molar-refractivity contribution in [1.29, 1.82) is 0 Å². The van der Waals surface area contributed by atoms with Gasteiger partial charge in [-0.05, 0) is 36.6 Å². The average molecular weight is 413 g/mol. The standard InChI is InChI=1S/C16H20N4O3S3/c1-10(2)24-16-18-17-15(25-16)19-26(22,23)13-6-7-14-12(9-13)5-4-8-20(14)11(3)21/h6-7,9-10H,4-5,8H2,1-3H3,(H,17,19). The summed E-state index contributed by atoms with van der Waals surface area (Å²) in [4.78, 5) is 13.6. The number of sulfonamides is 1. The van der Waals surface area contributed by atoms with E-state index in [0.717, 1.165) is 28.4 Å². The first-order valence-electron chi connectivity index (χ1n) is 8.20. The number of nitrogens with one attached hydrogen (secondary N) is 1. The Morgan fingerprint density at radius 1 is 1.35 bits per heavy atom. The molecule has 7 nitrogen and oxygen atoms in total. The highest BCUT2D eigenvalue weighted by atomic mass is 32.2. The summed E-state index contributed by atoms with van der Waals surface area (Å²) in [6, 6.07) is 4.86. The molecule has 1 aromatic carbocycles. The van der Waals surface area contributed by atoms with Crippen molar-refractivity contribution in [2.24, 2.45) is 0 Å². The maximum atomic E-state index is 12.7. The summed E-state index contributed by atoms with van der Waals surface area (Å²) < 4.78 is 28.6. The van der Waals surface area contributed by atoms with E-state index in [0.29, 0.717) is 11.8 Å². The molecule has 2 aromatic rings. The number of anilines is 2. The second kappa shape index (κ2) is 7.53. The van der Waals surface area contributed by atoms with Gasteiger partial charge in [-0.15, -0.1) is 10.2 Å². The minimum atomic E-state index is -3.75. The Bertz CT molecular complexity index is 925. The van der Waals surface area contributed by atoms with Gasteiger partial charge in [0.25, 0.3) is 10.0 Å². The Labute approximate surface area is 161 Å². The fourth-order valence-electron chi connectivity index (χ4n) is 2.74. The molecule has 0 unspecified atom stereocenters. The number of carbonyl (C=O) groups is 1. The van der Waals surface area contributed by atoms with Crippen LogP contribution in [0, 0.1) is 0 Å². The third-order valence-electron chi connectivity index (χ3n) is 3.82. The predicted octanol–water partition coefficient (Wildman–Crippen LogP) is 3.14. The predicted molar refractivity (Wildman–Crippen MR) is 105 cm³/mol. The van der Waals surface area contributed by atoms with Crippen LogP contribution in [0.4, 0.5) is 10.8 Å². The molecule has 1 amide bonds. The number of hydrogen-bond acceptors (Lipinski definition) is 7. The molecule has 0 atom stereocenters. The molecule has 0 saturated heterocycles. The lowest BCUT2D eigenvalue weighted by atomic mass is 10.0. The summed E-state index contributed by atoms with van der Waals surface area (Å²) in [5.74, 6) is -0.0382. The van der Waals surface area contributed by atoms with Crippen molar-refractivity contribution >= 4 is 49.8 Å². The molecule has 0 fully saturated rings. The van der Waals surface area contributed by atoms with Crippen LogP contribution in [0.5, 0.6) is 0 Å². The first kappa shape index (κ1) is 19.1. The Hall–Kier alpha value is -1.65. The summed E-state index contributed by atoms with van der Waals surface area (Å²) in [6.07, 6.45) is 1.56. The molecule has 0 aliphatic carbocycles. The molecule has 10 heteroatoms. The van der Waals surface area contributed by atoms with Gasteiger partial charge in [-0.25, -0.2) is 8.42 Å². The quantitative estimate of drug-likeness (QED) is 0.759. The number of fused-ring (bicyclic) bond motifs is 1. The van der Waals surface area contributed by atoms with Crippen molar-refractivity contribution in [1.82, 2.24) is 10.2 Å². The zero-order chi connectivity index (χ0) is 18.9. The molecule has 1 aliphatic heterocycles. The van der Waals surface area contributed by atoms with Crippen LogP contribution >= 0.6 is 23.1 Å². The highest BCUT2D eigenvalue weighted by Crippen LogP contribution is 2.32. The van der Waals surface area contributed by atoms with Gasteiger partial charge in [0, 0.05) is 24.4 Å². The number of hydrogen-bond donors (Lipinski definition) is 1. The highest BCUT2D eigenvalue weighted by molar-refractivity contribution is 8.01.